The number of anilines is 1. The van der Waals surface area contributed by atoms with E-state index >= 15 is 0 Å². The lowest BCUT2D eigenvalue weighted by atomic mass is 10.1. The van der Waals surface area contributed by atoms with Crippen LogP contribution in [0, 0.1) is 5.82 Å². The predicted octanol–water partition coefficient (Wildman–Crippen LogP) is 1.57. The summed E-state index contributed by atoms with van der Waals surface area (Å²) in [7, 11) is 0. The maximum absolute atomic E-state index is 13.2. The van der Waals surface area contributed by atoms with Gasteiger partial charge in [-0.15, -0.1) is 0 Å². The second-order valence-electron chi connectivity index (χ2n) is 4.94. The predicted molar refractivity (Wildman–Crippen MR) is 71.9 cm³/mol. The van der Waals surface area contributed by atoms with E-state index in [0.29, 0.717) is 6.04 Å². The van der Waals surface area contributed by atoms with Crippen molar-refractivity contribution in [2.75, 3.05) is 44.2 Å². The summed E-state index contributed by atoms with van der Waals surface area (Å²) in [5.74, 6) is -0.349. The number of nitrogens with one attached hydrogen (secondary N) is 1. The number of rotatable bonds is 1. The SMILES string of the molecule is Fc1ccc(N2CCN3CCNCC3C2)cc1Cl. The number of piperazine rings is 2. The molecule has 2 saturated heterocycles. The molecule has 3 nitrogen and oxygen atoms in total. The molecule has 1 N–H and O–H groups in total. The molecule has 0 radical (unpaired) electrons. The van der Waals surface area contributed by atoms with Crippen LogP contribution in [0.5, 0.6) is 0 Å². The van der Waals surface area contributed by atoms with E-state index in [1.54, 1.807) is 6.07 Å². The van der Waals surface area contributed by atoms with Crippen molar-refractivity contribution in [1.29, 1.82) is 0 Å². The Kier molecular flexibility index (Phi) is 3.41. The molecule has 18 heavy (non-hydrogen) atoms. The van der Waals surface area contributed by atoms with E-state index in [2.05, 4.69) is 15.1 Å². The van der Waals surface area contributed by atoms with Crippen LogP contribution in [0.25, 0.3) is 0 Å². The van der Waals surface area contributed by atoms with E-state index in [9.17, 15) is 4.39 Å². The van der Waals surface area contributed by atoms with Gasteiger partial charge in [-0.25, -0.2) is 4.39 Å². The monoisotopic (exact) mass is 269 g/mol. The van der Waals surface area contributed by atoms with Gasteiger partial charge in [-0.1, -0.05) is 11.6 Å². The molecule has 0 bridgehead atoms. The largest absolute Gasteiger partial charge is 0.369 e. The Bertz CT molecular complexity index is 440. The molecule has 3 rings (SSSR count). The Morgan fingerprint density at radius 3 is 3.00 bits per heavy atom. The molecule has 2 fully saturated rings. The molecule has 2 heterocycles. The summed E-state index contributed by atoms with van der Waals surface area (Å²) >= 11 is 5.85. The van der Waals surface area contributed by atoms with Gasteiger partial charge in [0.2, 0.25) is 0 Å². The fraction of sp³-hybridized carbons (Fsp3) is 0.538. The lowest BCUT2D eigenvalue weighted by molar-refractivity contribution is 0.146. The molecule has 0 spiro atoms. The summed E-state index contributed by atoms with van der Waals surface area (Å²) in [4.78, 5) is 4.82. The van der Waals surface area contributed by atoms with Gasteiger partial charge in [0.1, 0.15) is 5.82 Å². The highest BCUT2D eigenvalue weighted by molar-refractivity contribution is 6.31. The van der Waals surface area contributed by atoms with Crippen molar-refractivity contribution in [2.45, 2.75) is 6.04 Å². The fourth-order valence-corrected chi connectivity index (χ4v) is 2.96. The van der Waals surface area contributed by atoms with E-state index < -0.39 is 0 Å². The highest BCUT2D eigenvalue weighted by atomic mass is 35.5. The second-order valence-corrected chi connectivity index (χ2v) is 5.35. The molecule has 2 aliphatic heterocycles. The Balaban J connectivity index is 1.75. The van der Waals surface area contributed by atoms with Crippen LogP contribution in [0.3, 0.4) is 0 Å². The van der Waals surface area contributed by atoms with Crippen molar-refractivity contribution in [2.24, 2.45) is 0 Å². The molecule has 0 aromatic heterocycles. The molecule has 0 aliphatic carbocycles. The normalized spacial score (nSPS) is 25.0. The van der Waals surface area contributed by atoms with E-state index in [0.717, 1.165) is 45.0 Å². The summed E-state index contributed by atoms with van der Waals surface area (Å²) in [5, 5.41) is 3.63. The zero-order valence-corrected chi connectivity index (χ0v) is 11.0. The first-order chi connectivity index (χ1) is 8.74. The van der Waals surface area contributed by atoms with Crippen LogP contribution in [0.4, 0.5) is 10.1 Å². The molecule has 1 aromatic rings. The molecule has 0 saturated carbocycles. The van der Waals surface area contributed by atoms with Crippen molar-refractivity contribution >= 4 is 17.3 Å². The average molecular weight is 270 g/mol. The Hall–Kier alpha value is -0.840. The molecular weight excluding hydrogens is 253 g/mol. The third-order valence-electron chi connectivity index (χ3n) is 3.83. The molecular formula is C13H17ClFN3. The highest BCUT2D eigenvalue weighted by Gasteiger charge is 2.28. The quantitative estimate of drug-likeness (QED) is 0.835. The number of hydrogen-bond donors (Lipinski definition) is 1. The van der Waals surface area contributed by atoms with Crippen LogP contribution in [0.1, 0.15) is 0 Å². The molecule has 1 unspecified atom stereocenters. The summed E-state index contributed by atoms with van der Waals surface area (Å²) in [6.07, 6.45) is 0. The van der Waals surface area contributed by atoms with Gasteiger partial charge in [-0.05, 0) is 18.2 Å². The number of hydrogen-bond acceptors (Lipinski definition) is 3. The molecule has 98 valence electrons. The summed E-state index contributed by atoms with van der Waals surface area (Å²) in [5.41, 5.74) is 1.02. The lowest BCUT2D eigenvalue weighted by Gasteiger charge is -2.45. The Morgan fingerprint density at radius 2 is 2.17 bits per heavy atom. The maximum atomic E-state index is 13.2. The van der Waals surface area contributed by atoms with Crippen LogP contribution in [0.2, 0.25) is 5.02 Å². The number of benzene rings is 1. The zero-order chi connectivity index (χ0) is 12.5. The third-order valence-corrected chi connectivity index (χ3v) is 4.12. The van der Waals surface area contributed by atoms with E-state index in [-0.39, 0.29) is 10.8 Å². The first-order valence-electron chi connectivity index (χ1n) is 6.39. The van der Waals surface area contributed by atoms with Crippen LogP contribution in [-0.4, -0.2) is 50.2 Å². The van der Waals surface area contributed by atoms with E-state index in [1.165, 1.54) is 6.07 Å². The highest BCUT2D eigenvalue weighted by Crippen LogP contribution is 2.25. The molecule has 1 aromatic carbocycles. The van der Waals surface area contributed by atoms with Gasteiger partial charge < -0.3 is 10.2 Å². The van der Waals surface area contributed by atoms with Crippen LogP contribution < -0.4 is 10.2 Å². The zero-order valence-electron chi connectivity index (χ0n) is 10.2. The van der Waals surface area contributed by atoms with Crippen molar-refractivity contribution in [3.8, 4) is 0 Å². The molecule has 5 heteroatoms. The van der Waals surface area contributed by atoms with Crippen LogP contribution in [-0.2, 0) is 0 Å². The topological polar surface area (TPSA) is 18.5 Å². The van der Waals surface area contributed by atoms with Gasteiger partial charge >= 0.3 is 0 Å². The minimum atomic E-state index is -0.349. The van der Waals surface area contributed by atoms with Crippen molar-refractivity contribution in [1.82, 2.24) is 10.2 Å². The first kappa shape index (κ1) is 12.2. The van der Waals surface area contributed by atoms with Crippen molar-refractivity contribution < 1.29 is 4.39 Å². The van der Waals surface area contributed by atoms with Crippen molar-refractivity contribution in [3.05, 3.63) is 29.0 Å². The Morgan fingerprint density at radius 1 is 1.28 bits per heavy atom. The maximum Gasteiger partial charge on any atom is 0.141 e. The molecule has 1 atom stereocenters. The van der Waals surface area contributed by atoms with Gasteiger partial charge in [0.05, 0.1) is 5.02 Å². The van der Waals surface area contributed by atoms with Crippen LogP contribution in [0.15, 0.2) is 18.2 Å². The number of halogens is 2. The van der Waals surface area contributed by atoms with Gasteiger partial charge in [0.25, 0.3) is 0 Å². The smallest absolute Gasteiger partial charge is 0.141 e. The minimum Gasteiger partial charge on any atom is -0.369 e. The van der Waals surface area contributed by atoms with Crippen molar-refractivity contribution in [3.63, 3.8) is 0 Å². The molecule has 2 aliphatic rings. The van der Waals surface area contributed by atoms with Gasteiger partial charge in [-0.2, -0.15) is 0 Å². The second kappa shape index (κ2) is 5.03. The Labute approximate surface area is 112 Å². The van der Waals surface area contributed by atoms with E-state index in [1.807, 2.05) is 6.07 Å². The summed E-state index contributed by atoms with van der Waals surface area (Å²) in [6.45, 7) is 6.28. The standard InChI is InChI=1S/C13H17ClFN3/c14-12-7-10(1-2-13(12)15)18-6-5-17-4-3-16-8-11(17)9-18/h1-2,7,11,16H,3-6,8-9H2. The summed E-state index contributed by atoms with van der Waals surface area (Å²) in [6, 6.07) is 5.54. The lowest BCUT2D eigenvalue weighted by Crippen LogP contribution is -2.61. The van der Waals surface area contributed by atoms with Gasteiger partial charge in [0, 0.05) is 51.0 Å². The average Bonchev–Trinajstić information content (AvgIpc) is 2.41. The van der Waals surface area contributed by atoms with Gasteiger partial charge in [0.15, 0.2) is 0 Å². The summed E-state index contributed by atoms with van der Waals surface area (Å²) < 4.78 is 13.2. The number of fused-ring (bicyclic) bond motifs is 1. The third kappa shape index (κ3) is 2.32. The fourth-order valence-electron chi connectivity index (χ4n) is 2.79. The van der Waals surface area contributed by atoms with E-state index in [4.69, 9.17) is 11.6 Å². The minimum absolute atomic E-state index is 0.205. The number of nitrogens with zero attached hydrogens (tertiary/aromatic N) is 2. The molecule has 0 amide bonds. The van der Waals surface area contributed by atoms with Gasteiger partial charge in [-0.3, -0.25) is 4.90 Å². The first-order valence-corrected chi connectivity index (χ1v) is 6.76. The van der Waals surface area contributed by atoms with Crippen LogP contribution >= 0.6 is 11.6 Å².